The molecule has 7 rings (SSSR count). The number of benzene rings is 5. The number of ketones is 1. The van der Waals surface area contributed by atoms with Gasteiger partial charge in [0, 0.05) is 63.3 Å². The van der Waals surface area contributed by atoms with Gasteiger partial charge in [-0.3, -0.25) is 19.2 Å². The zero-order valence-corrected chi connectivity index (χ0v) is 44.1. The first-order valence-electron chi connectivity index (χ1n) is 26.7. The van der Waals surface area contributed by atoms with E-state index in [1.807, 2.05) is 94.5 Å². The van der Waals surface area contributed by atoms with E-state index in [0.29, 0.717) is 26.0 Å². The third kappa shape index (κ3) is 15.3. The summed E-state index contributed by atoms with van der Waals surface area (Å²) in [5.74, 6) is -0.264. The number of fused-ring (bicyclic) bond motifs is 1. The van der Waals surface area contributed by atoms with E-state index in [0.717, 1.165) is 90.3 Å². The van der Waals surface area contributed by atoms with E-state index in [-0.39, 0.29) is 49.4 Å². The largest absolute Gasteiger partial charge is 0.492 e. The minimum atomic E-state index is -0.821. The molecule has 5 aromatic carbocycles. The molecule has 0 unspecified atom stereocenters. The third-order valence-corrected chi connectivity index (χ3v) is 14.3. The predicted molar refractivity (Wildman–Crippen MR) is 296 cm³/mol. The van der Waals surface area contributed by atoms with E-state index in [9.17, 15) is 24.3 Å². The molecule has 1 aliphatic rings. The van der Waals surface area contributed by atoms with Gasteiger partial charge in [-0.2, -0.15) is 0 Å². The number of nitrogens with one attached hydrogen (secondary N) is 1. The number of hydrogen-bond acceptors (Lipinski definition) is 8. The Morgan fingerprint density at radius 1 is 0.770 bits per heavy atom. The number of likely N-dealkylation sites (N-methyl/N-ethyl adjacent to an activating group) is 1. The lowest BCUT2D eigenvalue weighted by Gasteiger charge is -2.34. The first-order valence-corrected chi connectivity index (χ1v) is 26.7. The minimum Gasteiger partial charge on any atom is -0.492 e. The Hall–Kier alpha value is -6.98. The number of carbonyl (C=O) groups is 4. The normalized spacial score (nSPS) is 15.4. The fraction of sp³-hybridized carbons (Fsp3) is 0.397. The summed E-state index contributed by atoms with van der Waals surface area (Å²) in [6.45, 7) is 9.32. The molecule has 0 radical (unpaired) electrons. The van der Waals surface area contributed by atoms with Crippen molar-refractivity contribution >= 4 is 45.6 Å². The van der Waals surface area contributed by atoms with Crippen molar-refractivity contribution in [3.8, 4) is 16.9 Å². The lowest BCUT2D eigenvalue weighted by Crippen LogP contribution is -2.50. The van der Waals surface area contributed by atoms with E-state index < -0.39 is 23.5 Å². The standard InChI is InChI=1S/C63H75N5O6/c1-6-55(47-20-14-12-15-21-47)60(48-22-16-13-17-23-48)49-30-33-54(34-31-49)74-37-36-67(5)59(71)25-19-11-9-7-8-10-18-24-52(69)39-56(63(2,3)4)62(73)68-43-53(70)40-58(68)61(72)65-41-45-26-28-46(29-27-45)50-32-35-57-51(38-50)42-64-44-66-57/h12-17,20-23,26-35,38,42,44,53,56,58,70H,6-11,18-19,24-25,36-37,39-41,43H2,1-5H3,(H,65,72)/b60-55-/t53-,56-,58+/m1/s1. The molecular weight excluding hydrogens is 923 g/mol. The highest BCUT2D eigenvalue weighted by molar-refractivity contribution is 5.98. The van der Waals surface area contributed by atoms with Crippen LogP contribution in [0.1, 0.15) is 127 Å². The second kappa shape index (κ2) is 26.8. The number of β-amino-alcohol motifs (C(OH)–C–C–N with tert-alkyl or cyclic N) is 1. The fourth-order valence-electron chi connectivity index (χ4n) is 9.99. The number of carbonyl (C=O) groups excluding carboxylic acids is 4. The Morgan fingerprint density at radius 3 is 2.05 bits per heavy atom. The molecular formula is C63H75N5O6. The van der Waals surface area contributed by atoms with Crippen molar-refractivity contribution in [2.24, 2.45) is 11.3 Å². The van der Waals surface area contributed by atoms with Crippen molar-refractivity contribution in [3.05, 3.63) is 162 Å². The van der Waals surface area contributed by atoms with E-state index in [1.165, 1.54) is 33.5 Å². The van der Waals surface area contributed by atoms with Crippen LogP contribution in [0.15, 0.2) is 140 Å². The molecule has 0 aliphatic carbocycles. The zero-order valence-electron chi connectivity index (χ0n) is 44.1. The number of likely N-dealkylation sites (tertiary alicyclic amines) is 1. The van der Waals surface area contributed by atoms with Crippen molar-refractivity contribution < 1.29 is 29.0 Å². The summed E-state index contributed by atoms with van der Waals surface area (Å²) >= 11 is 0. The topological polar surface area (TPSA) is 142 Å². The summed E-state index contributed by atoms with van der Waals surface area (Å²) in [4.78, 5) is 65.7. The number of aromatic nitrogens is 2. The van der Waals surface area contributed by atoms with Crippen LogP contribution in [0, 0.1) is 11.3 Å². The second-order valence-electron chi connectivity index (χ2n) is 20.9. The van der Waals surface area contributed by atoms with Crippen LogP contribution in [0.4, 0.5) is 0 Å². The van der Waals surface area contributed by atoms with Crippen molar-refractivity contribution in [1.29, 1.82) is 0 Å². The minimum absolute atomic E-state index is 0.0420. The fourth-order valence-corrected chi connectivity index (χ4v) is 9.99. The second-order valence-corrected chi connectivity index (χ2v) is 20.9. The highest BCUT2D eigenvalue weighted by atomic mass is 16.5. The van der Waals surface area contributed by atoms with Crippen molar-refractivity contribution in [2.75, 3.05) is 26.7 Å². The molecule has 1 fully saturated rings. The Bertz CT molecular complexity index is 2810. The molecule has 3 amide bonds. The molecule has 6 aromatic rings. The average molecular weight is 998 g/mol. The number of nitrogens with zero attached hydrogens (tertiary/aromatic N) is 4. The average Bonchev–Trinajstić information content (AvgIpc) is 3.82. The van der Waals surface area contributed by atoms with Gasteiger partial charge in [0.05, 0.1) is 18.2 Å². The third-order valence-electron chi connectivity index (χ3n) is 14.3. The van der Waals surface area contributed by atoms with E-state index in [4.69, 9.17) is 4.74 Å². The van der Waals surface area contributed by atoms with Gasteiger partial charge in [0.2, 0.25) is 17.7 Å². The first-order chi connectivity index (χ1) is 35.8. The summed E-state index contributed by atoms with van der Waals surface area (Å²) in [6.07, 6.45) is 11.1. The Kier molecular flexibility index (Phi) is 19.9. The Labute approximate surface area is 438 Å². The van der Waals surface area contributed by atoms with Gasteiger partial charge in [-0.1, -0.05) is 163 Å². The number of unbranched alkanes of at least 4 members (excludes halogenated alkanes) is 6. The van der Waals surface area contributed by atoms with Crippen LogP contribution in [-0.2, 0) is 25.7 Å². The molecule has 0 spiro atoms. The molecule has 1 saturated heterocycles. The van der Waals surface area contributed by atoms with Gasteiger partial charge >= 0.3 is 0 Å². The van der Waals surface area contributed by atoms with E-state index in [1.54, 1.807) is 11.1 Å². The highest BCUT2D eigenvalue weighted by Crippen LogP contribution is 2.36. The number of rotatable bonds is 25. The summed E-state index contributed by atoms with van der Waals surface area (Å²) in [7, 11) is 1.84. The summed E-state index contributed by atoms with van der Waals surface area (Å²) in [5, 5.41) is 14.6. The van der Waals surface area contributed by atoms with Crippen LogP contribution in [0.3, 0.4) is 0 Å². The molecule has 0 bridgehead atoms. The molecule has 2 N–H and O–H groups in total. The smallest absolute Gasteiger partial charge is 0.243 e. The van der Waals surface area contributed by atoms with Gasteiger partial charge in [0.25, 0.3) is 0 Å². The SMILES string of the molecule is CC/C(=C(\c1ccccc1)c1ccc(OCCN(C)C(=O)CCCCCCCCCC(=O)C[C@H](C(=O)N2C[C@H](O)C[C@H]2C(=O)NCc2ccc(-c3ccc4ncncc4c3)cc2)C(C)(C)C)cc1)c1ccccc1. The van der Waals surface area contributed by atoms with Crippen molar-refractivity contribution in [3.63, 3.8) is 0 Å². The van der Waals surface area contributed by atoms with Crippen molar-refractivity contribution in [2.45, 2.75) is 123 Å². The molecule has 3 atom stereocenters. The van der Waals surface area contributed by atoms with Crippen LogP contribution >= 0.6 is 0 Å². The van der Waals surface area contributed by atoms with Crippen LogP contribution < -0.4 is 10.1 Å². The van der Waals surface area contributed by atoms with E-state index in [2.05, 4.69) is 82.9 Å². The predicted octanol–water partition coefficient (Wildman–Crippen LogP) is 11.9. The lowest BCUT2D eigenvalue weighted by molar-refractivity contribution is -0.146. The van der Waals surface area contributed by atoms with Gasteiger partial charge < -0.3 is 25.0 Å². The molecule has 11 heteroatoms. The van der Waals surface area contributed by atoms with Gasteiger partial charge in [0.15, 0.2) is 0 Å². The monoisotopic (exact) mass is 998 g/mol. The van der Waals surface area contributed by atoms with Gasteiger partial charge in [-0.15, -0.1) is 0 Å². The summed E-state index contributed by atoms with van der Waals surface area (Å²) in [5.41, 5.74) is 9.36. The van der Waals surface area contributed by atoms with Crippen LogP contribution in [0.5, 0.6) is 5.75 Å². The lowest BCUT2D eigenvalue weighted by atomic mass is 9.76. The molecule has 1 aromatic heterocycles. The van der Waals surface area contributed by atoms with Gasteiger partial charge in [0.1, 0.15) is 30.5 Å². The molecule has 1 aliphatic heterocycles. The number of ether oxygens (including phenoxy) is 1. The first kappa shape index (κ1) is 54.8. The molecule has 2 heterocycles. The number of aliphatic hydroxyl groups excluding tert-OH is 1. The Balaban J connectivity index is 0.768. The van der Waals surface area contributed by atoms with Gasteiger partial charge in [-0.25, -0.2) is 9.97 Å². The molecule has 74 heavy (non-hydrogen) atoms. The zero-order chi connectivity index (χ0) is 52.5. The maximum atomic E-state index is 14.2. The quantitative estimate of drug-likeness (QED) is 0.0426. The van der Waals surface area contributed by atoms with Crippen LogP contribution in [-0.4, -0.2) is 87.3 Å². The number of Topliss-reactive ketones (excluding diaryl/α,β-unsaturated/α-hetero) is 1. The summed E-state index contributed by atoms with van der Waals surface area (Å²) in [6, 6.07) is 42.5. The number of amides is 3. The number of allylic oxidation sites excluding steroid dienone is 1. The summed E-state index contributed by atoms with van der Waals surface area (Å²) < 4.78 is 6.09. The van der Waals surface area contributed by atoms with Crippen LogP contribution in [0.25, 0.3) is 33.2 Å². The maximum Gasteiger partial charge on any atom is 0.243 e. The maximum absolute atomic E-state index is 14.2. The number of hydrogen-bond donors (Lipinski definition) is 2. The van der Waals surface area contributed by atoms with E-state index >= 15 is 0 Å². The molecule has 388 valence electrons. The Morgan fingerprint density at radius 2 is 1.39 bits per heavy atom. The highest BCUT2D eigenvalue weighted by Gasteiger charge is 2.44. The van der Waals surface area contributed by atoms with Crippen molar-refractivity contribution in [1.82, 2.24) is 25.1 Å². The molecule has 0 saturated carbocycles. The number of aliphatic hydroxyl groups is 1. The van der Waals surface area contributed by atoms with Gasteiger partial charge in [-0.05, 0) is 93.5 Å². The molecule has 11 nitrogen and oxygen atoms in total. The van der Waals surface area contributed by atoms with Crippen LogP contribution in [0.2, 0.25) is 0 Å².